The number of carbonyl (C=O) groups is 1. The Bertz CT molecular complexity index is 985. The molecule has 0 aliphatic heterocycles. The first-order chi connectivity index (χ1) is 13.7. The number of aryl methyl sites for hydroxylation is 1. The number of carboxylic acid groups (broad SMARTS) is 1. The molecule has 0 bridgehead atoms. The Hall–Kier alpha value is -3.13. The second-order valence-corrected chi connectivity index (χ2v) is 7.47. The lowest BCUT2D eigenvalue weighted by atomic mass is 9.80. The molecule has 3 aromatic carbocycles. The number of rotatable bonds is 5. The van der Waals surface area contributed by atoms with Crippen LogP contribution in [-0.4, -0.2) is 11.1 Å². The van der Waals surface area contributed by atoms with Crippen LogP contribution in [0.25, 0.3) is 23.3 Å². The fraction of sp³-hybridized carbons (Fsp3) is 0.192. The van der Waals surface area contributed by atoms with Gasteiger partial charge in [-0.05, 0) is 58.6 Å². The summed E-state index contributed by atoms with van der Waals surface area (Å²) < 4.78 is 0. The van der Waals surface area contributed by atoms with Crippen molar-refractivity contribution in [2.75, 3.05) is 0 Å². The topological polar surface area (TPSA) is 37.3 Å². The van der Waals surface area contributed by atoms with Gasteiger partial charge in [0, 0.05) is 0 Å². The summed E-state index contributed by atoms with van der Waals surface area (Å²) in [6.45, 7) is 0. The fourth-order valence-corrected chi connectivity index (χ4v) is 4.07. The lowest BCUT2D eigenvalue weighted by Crippen LogP contribution is -2.13. The Morgan fingerprint density at radius 1 is 0.893 bits per heavy atom. The van der Waals surface area contributed by atoms with Crippen molar-refractivity contribution < 1.29 is 9.90 Å². The summed E-state index contributed by atoms with van der Waals surface area (Å²) >= 11 is 0. The maximum Gasteiger partial charge on any atom is 0.303 e. The number of fused-ring (bicyclic) bond motifs is 1. The van der Waals surface area contributed by atoms with Gasteiger partial charge in [0.2, 0.25) is 0 Å². The molecule has 4 rings (SSSR count). The van der Waals surface area contributed by atoms with E-state index in [4.69, 9.17) is 5.11 Å². The summed E-state index contributed by atoms with van der Waals surface area (Å²) in [5.74, 6) is -0.550. The van der Waals surface area contributed by atoms with Crippen molar-refractivity contribution in [3.8, 4) is 11.1 Å². The molecule has 1 aliphatic rings. The molecule has 0 aromatic heterocycles. The molecule has 0 heterocycles. The summed E-state index contributed by atoms with van der Waals surface area (Å²) in [5.41, 5.74) is 7.31. The van der Waals surface area contributed by atoms with Crippen molar-refractivity contribution in [2.24, 2.45) is 0 Å². The Labute approximate surface area is 166 Å². The summed E-state index contributed by atoms with van der Waals surface area (Å²) in [6, 6.07) is 25.4. The molecule has 0 saturated heterocycles. The van der Waals surface area contributed by atoms with Crippen LogP contribution >= 0.6 is 0 Å². The van der Waals surface area contributed by atoms with Gasteiger partial charge in [-0.1, -0.05) is 84.9 Å². The molecular formula is C26H24O2. The highest BCUT2D eigenvalue weighted by atomic mass is 16.4. The zero-order chi connectivity index (χ0) is 19.3. The number of hydrogen-bond donors (Lipinski definition) is 1. The van der Waals surface area contributed by atoms with Gasteiger partial charge < -0.3 is 5.11 Å². The number of aliphatic carboxylic acids is 1. The Kier molecular flexibility index (Phi) is 5.38. The minimum Gasteiger partial charge on any atom is -0.481 e. The second-order valence-electron chi connectivity index (χ2n) is 7.47. The molecule has 140 valence electrons. The van der Waals surface area contributed by atoms with Gasteiger partial charge in [0.25, 0.3) is 0 Å². The molecule has 0 unspecified atom stereocenters. The van der Waals surface area contributed by atoms with Gasteiger partial charge in [-0.3, -0.25) is 4.79 Å². The Morgan fingerprint density at radius 2 is 1.57 bits per heavy atom. The molecule has 0 spiro atoms. The Morgan fingerprint density at radius 3 is 2.32 bits per heavy atom. The van der Waals surface area contributed by atoms with Gasteiger partial charge in [0.1, 0.15) is 0 Å². The molecule has 28 heavy (non-hydrogen) atoms. The van der Waals surface area contributed by atoms with Crippen molar-refractivity contribution in [1.82, 2.24) is 0 Å². The molecular weight excluding hydrogens is 344 g/mol. The van der Waals surface area contributed by atoms with E-state index in [-0.39, 0.29) is 12.3 Å². The number of benzene rings is 3. The fourth-order valence-electron chi connectivity index (χ4n) is 4.07. The Balaban J connectivity index is 1.50. The van der Waals surface area contributed by atoms with E-state index < -0.39 is 5.97 Å². The van der Waals surface area contributed by atoms with Gasteiger partial charge in [-0.15, -0.1) is 0 Å². The van der Waals surface area contributed by atoms with E-state index in [1.165, 1.54) is 33.4 Å². The van der Waals surface area contributed by atoms with E-state index in [9.17, 15) is 4.79 Å². The van der Waals surface area contributed by atoms with Crippen LogP contribution in [0.4, 0.5) is 0 Å². The maximum atomic E-state index is 11.1. The van der Waals surface area contributed by atoms with Crippen LogP contribution in [0.3, 0.4) is 0 Å². The van der Waals surface area contributed by atoms with Crippen LogP contribution < -0.4 is 0 Å². The quantitative estimate of drug-likeness (QED) is 0.528. The van der Waals surface area contributed by atoms with Crippen LogP contribution in [0.1, 0.15) is 47.4 Å². The van der Waals surface area contributed by atoms with Crippen LogP contribution in [-0.2, 0) is 11.2 Å². The minimum atomic E-state index is -0.708. The normalized spacial score (nSPS) is 16.1. The monoisotopic (exact) mass is 368 g/mol. The second kappa shape index (κ2) is 8.26. The van der Waals surface area contributed by atoms with E-state index in [0.29, 0.717) is 0 Å². The third-order valence-electron chi connectivity index (χ3n) is 5.51. The molecule has 2 nitrogen and oxygen atoms in total. The van der Waals surface area contributed by atoms with E-state index in [1.54, 1.807) is 0 Å². The standard InChI is InChI=1S/C26H24O2/c27-26(28)18-24-8-4-7-23-17-20(13-16-25(23)24)10-9-19-11-14-22(15-12-19)21-5-2-1-3-6-21/h1-3,5-6,9-17,24H,4,7-8,18H2,(H,27,28)/t24-/m1/s1. The van der Waals surface area contributed by atoms with E-state index >= 15 is 0 Å². The number of hydrogen-bond acceptors (Lipinski definition) is 1. The highest BCUT2D eigenvalue weighted by Crippen LogP contribution is 2.34. The van der Waals surface area contributed by atoms with Crippen molar-refractivity contribution in [2.45, 2.75) is 31.6 Å². The van der Waals surface area contributed by atoms with Gasteiger partial charge in [-0.25, -0.2) is 0 Å². The average Bonchev–Trinajstić information content (AvgIpc) is 2.73. The van der Waals surface area contributed by atoms with Crippen LogP contribution in [0, 0.1) is 0 Å². The van der Waals surface area contributed by atoms with Crippen molar-refractivity contribution in [3.63, 3.8) is 0 Å². The molecule has 1 aliphatic carbocycles. The first-order valence-corrected chi connectivity index (χ1v) is 9.87. The molecule has 0 amide bonds. The molecule has 3 aromatic rings. The SMILES string of the molecule is O=C(O)C[C@H]1CCCc2cc(C=Cc3ccc(-c4ccccc4)cc3)ccc21. The summed E-state index contributed by atoms with van der Waals surface area (Å²) in [6.07, 6.45) is 7.59. The van der Waals surface area contributed by atoms with E-state index in [1.807, 2.05) is 6.07 Å². The predicted molar refractivity (Wildman–Crippen MR) is 115 cm³/mol. The van der Waals surface area contributed by atoms with Gasteiger partial charge >= 0.3 is 5.97 Å². The number of carboxylic acids is 1. The summed E-state index contributed by atoms with van der Waals surface area (Å²) in [7, 11) is 0. The van der Waals surface area contributed by atoms with Crippen LogP contribution in [0.5, 0.6) is 0 Å². The van der Waals surface area contributed by atoms with E-state index in [2.05, 4.69) is 78.9 Å². The van der Waals surface area contributed by atoms with Crippen LogP contribution in [0.2, 0.25) is 0 Å². The van der Waals surface area contributed by atoms with Crippen molar-refractivity contribution >= 4 is 18.1 Å². The molecule has 1 atom stereocenters. The molecule has 2 heteroatoms. The van der Waals surface area contributed by atoms with Crippen molar-refractivity contribution in [1.29, 1.82) is 0 Å². The maximum absolute atomic E-state index is 11.1. The smallest absolute Gasteiger partial charge is 0.303 e. The third-order valence-corrected chi connectivity index (χ3v) is 5.51. The lowest BCUT2D eigenvalue weighted by molar-refractivity contribution is -0.137. The van der Waals surface area contributed by atoms with E-state index in [0.717, 1.165) is 19.3 Å². The third kappa shape index (κ3) is 4.23. The first-order valence-electron chi connectivity index (χ1n) is 9.87. The van der Waals surface area contributed by atoms with Crippen molar-refractivity contribution in [3.05, 3.63) is 95.1 Å². The molecule has 0 saturated carbocycles. The predicted octanol–water partition coefficient (Wildman–Crippen LogP) is 6.42. The van der Waals surface area contributed by atoms with Gasteiger partial charge in [-0.2, -0.15) is 0 Å². The largest absolute Gasteiger partial charge is 0.481 e. The zero-order valence-electron chi connectivity index (χ0n) is 15.8. The molecule has 1 N–H and O–H groups in total. The highest BCUT2D eigenvalue weighted by Gasteiger charge is 2.22. The summed E-state index contributed by atoms with van der Waals surface area (Å²) in [4.78, 5) is 11.1. The zero-order valence-corrected chi connectivity index (χ0v) is 15.8. The first kappa shape index (κ1) is 18.2. The highest BCUT2D eigenvalue weighted by molar-refractivity contribution is 5.73. The van der Waals surface area contributed by atoms with Gasteiger partial charge in [0.05, 0.1) is 6.42 Å². The summed E-state index contributed by atoms with van der Waals surface area (Å²) in [5, 5.41) is 9.14. The van der Waals surface area contributed by atoms with Crippen LogP contribution in [0.15, 0.2) is 72.8 Å². The van der Waals surface area contributed by atoms with Gasteiger partial charge in [0.15, 0.2) is 0 Å². The molecule has 0 radical (unpaired) electrons. The average molecular weight is 368 g/mol. The molecule has 0 fully saturated rings. The minimum absolute atomic E-state index is 0.157. The lowest BCUT2D eigenvalue weighted by Gasteiger charge is -2.24.